The van der Waals surface area contributed by atoms with Gasteiger partial charge in [0, 0.05) is 17.2 Å². The molecule has 0 aromatic heterocycles. The van der Waals surface area contributed by atoms with Gasteiger partial charge in [-0.1, -0.05) is 23.8 Å². The van der Waals surface area contributed by atoms with E-state index < -0.39 is 22.5 Å². The monoisotopic (exact) mass is 433 g/mol. The van der Waals surface area contributed by atoms with Gasteiger partial charge in [-0.3, -0.25) is 14.9 Å². The first-order valence-corrected chi connectivity index (χ1v) is 9.42. The first-order valence-electron chi connectivity index (χ1n) is 9.42. The van der Waals surface area contributed by atoms with E-state index in [1.807, 2.05) is 6.92 Å². The summed E-state index contributed by atoms with van der Waals surface area (Å²) >= 11 is 0. The van der Waals surface area contributed by atoms with Gasteiger partial charge in [-0.25, -0.2) is 10.2 Å². The number of amides is 1. The van der Waals surface area contributed by atoms with Gasteiger partial charge in [0.2, 0.25) is 5.75 Å². The number of aryl methyl sites for hydroxylation is 1. The van der Waals surface area contributed by atoms with E-state index in [-0.39, 0.29) is 16.9 Å². The molecular formula is C23H19N3O6. The van der Waals surface area contributed by atoms with Gasteiger partial charge in [0.15, 0.2) is 0 Å². The van der Waals surface area contributed by atoms with Crippen LogP contribution in [0.25, 0.3) is 0 Å². The van der Waals surface area contributed by atoms with Gasteiger partial charge in [-0.05, 0) is 49.4 Å². The summed E-state index contributed by atoms with van der Waals surface area (Å²) in [6.07, 6.45) is 1.17. The number of esters is 1. The quantitative estimate of drug-likeness (QED) is 0.198. The molecule has 3 rings (SSSR count). The molecule has 9 heteroatoms. The Bertz CT molecular complexity index is 1170. The van der Waals surface area contributed by atoms with E-state index in [0.717, 1.165) is 5.56 Å². The number of nitrogens with zero attached hydrogens (tertiary/aromatic N) is 2. The topological polar surface area (TPSA) is 120 Å². The van der Waals surface area contributed by atoms with Crippen molar-refractivity contribution in [2.24, 2.45) is 5.10 Å². The van der Waals surface area contributed by atoms with Crippen molar-refractivity contribution in [1.82, 2.24) is 5.43 Å². The van der Waals surface area contributed by atoms with Crippen LogP contribution in [0.5, 0.6) is 11.5 Å². The van der Waals surface area contributed by atoms with Crippen molar-refractivity contribution >= 4 is 23.8 Å². The van der Waals surface area contributed by atoms with E-state index >= 15 is 0 Å². The summed E-state index contributed by atoms with van der Waals surface area (Å²) in [7, 11) is 1.52. The molecular weight excluding hydrogens is 414 g/mol. The lowest BCUT2D eigenvalue weighted by atomic mass is 10.1. The van der Waals surface area contributed by atoms with E-state index in [1.165, 1.54) is 31.5 Å². The third kappa shape index (κ3) is 5.33. The van der Waals surface area contributed by atoms with Crippen LogP contribution in [0.1, 0.15) is 31.8 Å². The second-order valence-corrected chi connectivity index (χ2v) is 6.64. The number of carbonyl (C=O) groups excluding carboxylic acids is 2. The van der Waals surface area contributed by atoms with Crippen LogP contribution in [0.3, 0.4) is 0 Å². The maximum Gasteiger partial charge on any atom is 0.343 e. The maximum atomic E-state index is 12.5. The number of hydrogen-bond acceptors (Lipinski definition) is 7. The minimum Gasteiger partial charge on any atom is -0.497 e. The first kappa shape index (κ1) is 22.2. The summed E-state index contributed by atoms with van der Waals surface area (Å²) < 4.78 is 10.4. The number of nitrogens with one attached hydrogen (secondary N) is 1. The fourth-order valence-electron chi connectivity index (χ4n) is 2.71. The van der Waals surface area contributed by atoms with Crippen LogP contribution < -0.4 is 14.9 Å². The summed E-state index contributed by atoms with van der Waals surface area (Å²) in [5, 5.41) is 15.3. The molecule has 0 saturated carbocycles. The van der Waals surface area contributed by atoms with Crippen molar-refractivity contribution in [2.75, 3.05) is 7.11 Å². The number of nitro groups is 1. The molecule has 0 fully saturated rings. The number of ether oxygens (including phenoxy) is 2. The SMILES string of the molecule is COc1ccc(C(=O)N/N=C/c2cccc([N+](=O)[O-])c2OC(=O)c2ccc(C)cc2)cc1. The van der Waals surface area contributed by atoms with Gasteiger partial charge in [-0.15, -0.1) is 0 Å². The molecule has 9 nitrogen and oxygen atoms in total. The van der Waals surface area contributed by atoms with Gasteiger partial charge in [0.1, 0.15) is 5.75 Å². The minimum atomic E-state index is -0.754. The Morgan fingerprint density at radius 3 is 2.28 bits per heavy atom. The molecule has 1 N–H and O–H groups in total. The average molecular weight is 433 g/mol. The van der Waals surface area contributed by atoms with Gasteiger partial charge in [0.05, 0.1) is 23.8 Å². The molecule has 0 bridgehead atoms. The zero-order valence-electron chi connectivity index (χ0n) is 17.3. The number of hydrazone groups is 1. The molecule has 0 aliphatic heterocycles. The largest absolute Gasteiger partial charge is 0.497 e. The fourth-order valence-corrected chi connectivity index (χ4v) is 2.71. The third-order valence-corrected chi connectivity index (χ3v) is 4.43. The molecule has 3 aromatic carbocycles. The Balaban J connectivity index is 1.81. The molecule has 0 heterocycles. The van der Waals surface area contributed by atoms with Crippen LogP contribution in [-0.4, -0.2) is 30.1 Å². The van der Waals surface area contributed by atoms with Crippen molar-refractivity contribution in [1.29, 1.82) is 0 Å². The van der Waals surface area contributed by atoms with Gasteiger partial charge < -0.3 is 9.47 Å². The lowest BCUT2D eigenvalue weighted by Crippen LogP contribution is -2.17. The standard InChI is InChI=1S/C23H19N3O6/c1-15-6-8-17(9-7-15)23(28)32-21-18(4-3-5-20(21)26(29)30)14-24-25-22(27)16-10-12-19(31-2)13-11-16/h3-14H,1-2H3,(H,25,27)/b24-14+. The van der Waals surface area contributed by atoms with Crippen molar-refractivity contribution < 1.29 is 24.0 Å². The molecule has 0 aliphatic carbocycles. The summed E-state index contributed by atoms with van der Waals surface area (Å²) in [5.41, 5.74) is 3.61. The summed E-state index contributed by atoms with van der Waals surface area (Å²) in [6.45, 7) is 1.87. The number of carbonyl (C=O) groups is 2. The van der Waals surface area contributed by atoms with E-state index in [4.69, 9.17) is 9.47 Å². The second-order valence-electron chi connectivity index (χ2n) is 6.64. The van der Waals surface area contributed by atoms with E-state index in [9.17, 15) is 19.7 Å². The molecule has 1 amide bonds. The normalized spacial score (nSPS) is 10.6. The highest BCUT2D eigenvalue weighted by Gasteiger charge is 2.22. The smallest absolute Gasteiger partial charge is 0.343 e. The number of nitro benzene ring substituents is 1. The van der Waals surface area contributed by atoms with E-state index in [0.29, 0.717) is 11.3 Å². The summed E-state index contributed by atoms with van der Waals surface area (Å²) in [4.78, 5) is 35.5. The average Bonchev–Trinajstić information content (AvgIpc) is 2.80. The number of methoxy groups -OCH3 is 1. The van der Waals surface area contributed by atoms with E-state index in [1.54, 1.807) is 48.5 Å². The van der Waals surface area contributed by atoms with Crippen molar-refractivity contribution in [3.05, 3.63) is 99.1 Å². The van der Waals surface area contributed by atoms with Crippen molar-refractivity contribution in [3.63, 3.8) is 0 Å². The molecule has 0 saturated heterocycles. The molecule has 3 aromatic rings. The zero-order chi connectivity index (χ0) is 23.1. The predicted molar refractivity (Wildman–Crippen MR) is 117 cm³/mol. The molecule has 0 atom stereocenters. The molecule has 0 spiro atoms. The highest BCUT2D eigenvalue weighted by molar-refractivity contribution is 5.96. The minimum absolute atomic E-state index is 0.148. The number of hydrogen-bond donors (Lipinski definition) is 1. The van der Waals surface area contributed by atoms with Crippen molar-refractivity contribution in [3.8, 4) is 11.5 Å². The summed E-state index contributed by atoms with van der Waals surface area (Å²) in [5.74, 6) is -0.920. The third-order valence-electron chi connectivity index (χ3n) is 4.43. The zero-order valence-corrected chi connectivity index (χ0v) is 17.3. The Morgan fingerprint density at radius 1 is 1.00 bits per heavy atom. The van der Waals surface area contributed by atoms with E-state index in [2.05, 4.69) is 10.5 Å². The molecule has 32 heavy (non-hydrogen) atoms. The molecule has 0 radical (unpaired) electrons. The Hall–Kier alpha value is -4.53. The van der Waals surface area contributed by atoms with Crippen LogP contribution in [0.4, 0.5) is 5.69 Å². The molecule has 162 valence electrons. The Labute approximate surface area is 183 Å². The maximum absolute atomic E-state index is 12.5. The lowest BCUT2D eigenvalue weighted by Gasteiger charge is -2.08. The molecule has 0 unspecified atom stereocenters. The lowest BCUT2D eigenvalue weighted by molar-refractivity contribution is -0.385. The highest BCUT2D eigenvalue weighted by Crippen LogP contribution is 2.30. The molecule has 0 aliphatic rings. The Kier molecular flexibility index (Phi) is 6.92. The fraction of sp³-hybridized carbons (Fsp3) is 0.0870. The Morgan fingerprint density at radius 2 is 1.66 bits per heavy atom. The number of rotatable bonds is 7. The van der Waals surface area contributed by atoms with Crippen LogP contribution in [0.2, 0.25) is 0 Å². The van der Waals surface area contributed by atoms with Crippen LogP contribution in [0.15, 0.2) is 71.8 Å². The van der Waals surface area contributed by atoms with Gasteiger partial charge >= 0.3 is 11.7 Å². The predicted octanol–water partition coefficient (Wildman–Crippen LogP) is 3.89. The first-order chi connectivity index (χ1) is 15.4. The van der Waals surface area contributed by atoms with Crippen LogP contribution in [0, 0.1) is 17.0 Å². The van der Waals surface area contributed by atoms with Crippen LogP contribution >= 0.6 is 0 Å². The number of benzene rings is 3. The van der Waals surface area contributed by atoms with Gasteiger partial charge in [-0.2, -0.15) is 5.10 Å². The van der Waals surface area contributed by atoms with Crippen LogP contribution in [-0.2, 0) is 0 Å². The number of para-hydroxylation sites is 1. The second kappa shape index (κ2) is 9.98. The summed E-state index contributed by atoms with van der Waals surface area (Å²) in [6, 6.07) is 17.1. The highest BCUT2D eigenvalue weighted by atomic mass is 16.6. The van der Waals surface area contributed by atoms with Gasteiger partial charge in [0.25, 0.3) is 5.91 Å². The van der Waals surface area contributed by atoms with Crippen molar-refractivity contribution in [2.45, 2.75) is 6.92 Å².